The molecule has 0 bridgehead atoms. The third kappa shape index (κ3) is 4.18. The van der Waals surface area contributed by atoms with Gasteiger partial charge in [-0.15, -0.1) is 0 Å². The van der Waals surface area contributed by atoms with Crippen LogP contribution in [0.5, 0.6) is 0 Å². The van der Waals surface area contributed by atoms with Crippen molar-refractivity contribution in [1.82, 2.24) is 4.90 Å². The van der Waals surface area contributed by atoms with Crippen LogP contribution in [0, 0.1) is 11.3 Å². The first-order valence-electron chi connectivity index (χ1n) is 7.57. The van der Waals surface area contributed by atoms with Gasteiger partial charge >= 0.3 is 5.97 Å². The summed E-state index contributed by atoms with van der Waals surface area (Å²) in [5.74, 6) is -0.312. The highest BCUT2D eigenvalue weighted by molar-refractivity contribution is 5.77. The van der Waals surface area contributed by atoms with E-state index in [2.05, 4.69) is 6.07 Å². The Morgan fingerprint density at radius 3 is 2.48 bits per heavy atom. The van der Waals surface area contributed by atoms with Gasteiger partial charge in [-0.25, -0.2) is 4.79 Å². The average Bonchev–Trinajstić information content (AvgIpc) is 2.61. The Balaban J connectivity index is 2.14. The van der Waals surface area contributed by atoms with E-state index in [1.165, 1.54) is 0 Å². The maximum atomic E-state index is 12.6. The Bertz CT molecular complexity index is 692. The Labute approximate surface area is 136 Å². The topological polar surface area (TPSA) is 53.3 Å². The van der Waals surface area contributed by atoms with Crippen molar-refractivity contribution in [3.05, 3.63) is 71.3 Å². The molecule has 0 aliphatic carbocycles. The Kier molecular flexibility index (Phi) is 5.90. The van der Waals surface area contributed by atoms with Crippen molar-refractivity contribution >= 4 is 5.97 Å². The number of esters is 1. The molecule has 0 amide bonds. The van der Waals surface area contributed by atoms with E-state index in [1.54, 1.807) is 18.2 Å². The van der Waals surface area contributed by atoms with Crippen molar-refractivity contribution in [2.45, 2.75) is 19.6 Å². The molecule has 2 aromatic rings. The van der Waals surface area contributed by atoms with Crippen LogP contribution in [0.1, 0.15) is 29.7 Å². The molecule has 1 atom stereocenters. The first-order valence-corrected chi connectivity index (χ1v) is 7.57. The number of hydrogen-bond donors (Lipinski definition) is 0. The monoisotopic (exact) mass is 308 g/mol. The number of likely N-dealkylation sites (N-methyl/N-ethyl adjacent to an activating group) is 1. The van der Waals surface area contributed by atoms with Crippen molar-refractivity contribution in [1.29, 1.82) is 5.26 Å². The number of carbonyl (C=O) groups excluding carboxylic acids is 1. The highest BCUT2D eigenvalue weighted by Crippen LogP contribution is 2.21. The minimum atomic E-state index is -0.449. The molecule has 0 aliphatic heterocycles. The predicted octanol–water partition coefficient (Wildman–Crippen LogP) is 3.29. The van der Waals surface area contributed by atoms with Gasteiger partial charge in [0, 0.05) is 5.56 Å². The Morgan fingerprint density at radius 1 is 1.17 bits per heavy atom. The van der Waals surface area contributed by atoms with Gasteiger partial charge in [-0.05, 0) is 25.2 Å². The van der Waals surface area contributed by atoms with E-state index in [4.69, 9.17) is 10.00 Å². The van der Waals surface area contributed by atoms with Crippen LogP contribution in [0.2, 0.25) is 0 Å². The van der Waals surface area contributed by atoms with E-state index < -0.39 is 6.04 Å². The van der Waals surface area contributed by atoms with Crippen LogP contribution >= 0.6 is 0 Å². The SMILES string of the molecule is CCN(C)C(C(=O)OCc1ccccc1C#N)c1ccccc1. The number of rotatable bonds is 6. The smallest absolute Gasteiger partial charge is 0.328 e. The highest BCUT2D eigenvalue weighted by atomic mass is 16.5. The quantitative estimate of drug-likeness (QED) is 0.768. The molecule has 0 saturated carbocycles. The van der Waals surface area contributed by atoms with Gasteiger partial charge in [0.15, 0.2) is 0 Å². The maximum absolute atomic E-state index is 12.6. The lowest BCUT2D eigenvalue weighted by Crippen LogP contribution is -2.32. The molecule has 23 heavy (non-hydrogen) atoms. The van der Waals surface area contributed by atoms with E-state index in [0.29, 0.717) is 11.1 Å². The summed E-state index contributed by atoms with van der Waals surface area (Å²) in [7, 11) is 1.89. The second kappa shape index (κ2) is 8.11. The van der Waals surface area contributed by atoms with Gasteiger partial charge in [-0.3, -0.25) is 4.90 Å². The van der Waals surface area contributed by atoms with Gasteiger partial charge in [-0.1, -0.05) is 55.5 Å². The van der Waals surface area contributed by atoms with Gasteiger partial charge in [-0.2, -0.15) is 5.26 Å². The van der Waals surface area contributed by atoms with Gasteiger partial charge in [0.05, 0.1) is 11.6 Å². The molecule has 2 rings (SSSR count). The second-order valence-corrected chi connectivity index (χ2v) is 5.26. The van der Waals surface area contributed by atoms with Crippen LogP contribution in [-0.4, -0.2) is 24.5 Å². The van der Waals surface area contributed by atoms with E-state index >= 15 is 0 Å². The van der Waals surface area contributed by atoms with E-state index in [0.717, 1.165) is 12.1 Å². The van der Waals surface area contributed by atoms with Crippen molar-refractivity contribution in [2.24, 2.45) is 0 Å². The van der Waals surface area contributed by atoms with Crippen LogP contribution in [0.15, 0.2) is 54.6 Å². The first-order chi connectivity index (χ1) is 11.2. The molecule has 1 unspecified atom stereocenters. The van der Waals surface area contributed by atoms with Gasteiger partial charge in [0.1, 0.15) is 12.6 Å². The van der Waals surface area contributed by atoms with E-state index in [9.17, 15) is 4.79 Å². The van der Waals surface area contributed by atoms with Crippen molar-refractivity contribution < 1.29 is 9.53 Å². The predicted molar refractivity (Wildman–Crippen MR) is 88.4 cm³/mol. The van der Waals surface area contributed by atoms with Gasteiger partial charge < -0.3 is 4.74 Å². The average molecular weight is 308 g/mol. The summed E-state index contributed by atoms with van der Waals surface area (Å²) < 4.78 is 5.48. The zero-order valence-electron chi connectivity index (χ0n) is 13.4. The van der Waals surface area contributed by atoms with Crippen molar-refractivity contribution in [2.75, 3.05) is 13.6 Å². The Hall–Kier alpha value is -2.64. The molecule has 0 aliphatic rings. The minimum absolute atomic E-state index is 0.101. The molecule has 118 valence electrons. The molecule has 0 N–H and O–H groups in total. The minimum Gasteiger partial charge on any atom is -0.459 e. The van der Waals surface area contributed by atoms with Gasteiger partial charge in [0.2, 0.25) is 0 Å². The molecule has 0 spiro atoms. The largest absolute Gasteiger partial charge is 0.459 e. The lowest BCUT2D eigenvalue weighted by atomic mass is 10.1. The zero-order valence-corrected chi connectivity index (χ0v) is 13.4. The Morgan fingerprint density at radius 2 is 1.83 bits per heavy atom. The molecular weight excluding hydrogens is 288 g/mol. The molecule has 4 nitrogen and oxygen atoms in total. The first kappa shape index (κ1) is 16.7. The van der Waals surface area contributed by atoms with Crippen LogP contribution < -0.4 is 0 Å². The maximum Gasteiger partial charge on any atom is 0.328 e. The molecule has 0 fully saturated rings. The summed E-state index contributed by atoms with van der Waals surface area (Å²) in [6.07, 6.45) is 0. The lowest BCUT2D eigenvalue weighted by Gasteiger charge is -2.25. The van der Waals surface area contributed by atoms with Crippen LogP contribution in [-0.2, 0) is 16.1 Å². The molecule has 0 saturated heterocycles. The zero-order chi connectivity index (χ0) is 16.7. The van der Waals surface area contributed by atoms with Crippen LogP contribution in [0.3, 0.4) is 0 Å². The fraction of sp³-hybridized carbons (Fsp3) is 0.263. The number of benzene rings is 2. The summed E-state index contributed by atoms with van der Waals surface area (Å²) >= 11 is 0. The fourth-order valence-electron chi connectivity index (χ4n) is 2.37. The standard InChI is InChI=1S/C19H20N2O2/c1-3-21(2)18(15-9-5-4-6-10-15)19(22)23-14-17-12-8-7-11-16(17)13-20/h4-12,18H,3,14H2,1-2H3. The normalized spacial score (nSPS) is 11.7. The molecule has 2 aromatic carbocycles. The fourth-order valence-corrected chi connectivity index (χ4v) is 2.37. The number of ether oxygens (including phenoxy) is 1. The van der Waals surface area contributed by atoms with Crippen LogP contribution in [0.25, 0.3) is 0 Å². The number of nitriles is 1. The summed E-state index contributed by atoms with van der Waals surface area (Å²) in [5.41, 5.74) is 2.14. The molecule has 0 radical (unpaired) electrons. The molecular formula is C19H20N2O2. The summed E-state index contributed by atoms with van der Waals surface area (Å²) in [5, 5.41) is 9.10. The van der Waals surface area contributed by atoms with Crippen LogP contribution in [0.4, 0.5) is 0 Å². The molecule has 0 aromatic heterocycles. The third-order valence-corrected chi connectivity index (χ3v) is 3.79. The van der Waals surface area contributed by atoms with Crippen molar-refractivity contribution in [3.8, 4) is 6.07 Å². The summed E-state index contributed by atoms with van der Waals surface area (Å²) in [4.78, 5) is 14.5. The lowest BCUT2D eigenvalue weighted by molar-refractivity contribution is -0.151. The van der Waals surface area contributed by atoms with E-state index in [-0.39, 0.29) is 12.6 Å². The van der Waals surface area contributed by atoms with Gasteiger partial charge in [0.25, 0.3) is 0 Å². The highest BCUT2D eigenvalue weighted by Gasteiger charge is 2.25. The summed E-state index contributed by atoms with van der Waals surface area (Å²) in [6, 6.07) is 18.4. The third-order valence-electron chi connectivity index (χ3n) is 3.79. The van der Waals surface area contributed by atoms with E-state index in [1.807, 2.05) is 55.3 Å². The molecule has 4 heteroatoms. The van der Waals surface area contributed by atoms with Crippen molar-refractivity contribution in [3.63, 3.8) is 0 Å². The summed E-state index contributed by atoms with van der Waals surface area (Å²) in [6.45, 7) is 2.82. The number of hydrogen-bond acceptors (Lipinski definition) is 4. The molecule has 0 heterocycles. The number of carbonyl (C=O) groups is 1. The number of nitrogens with zero attached hydrogens (tertiary/aromatic N) is 2. The second-order valence-electron chi connectivity index (χ2n) is 5.26.